The molecule has 2 aliphatic carbocycles. The quantitative estimate of drug-likeness (QED) is 0.827. The van der Waals surface area contributed by atoms with Crippen molar-refractivity contribution in [1.29, 1.82) is 0 Å². The molecule has 1 saturated carbocycles. The average molecular weight is 243 g/mol. The Hall–Kier alpha value is -0.820. The van der Waals surface area contributed by atoms with Crippen LogP contribution in [0.25, 0.3) is 0 Å². The van der Waals surface area contributed by atoms with Crippen LogP contribution in [0.1, 0.15) is 56.1 Å². The summed E-state index contributed by atoms with van der Waals surface area (Å²) in [6, 6.07) is 9.89. The standard InChI is InChI=1S/C17H25N/c1-2-18-17(14-10-11-14)12-15-8-5-7-13-6-3-4-9-16(13)15/h3-4,6,9,14-15,17-18H,2,5,7-8,10-12H2,1H3. The van der Waals surface area contributed by atoms with Crippen LogP contribution in [-0.4, -0.2) is 12.6 Å². The second-order valence-electron chi connectivity index (χ2n) is 6.03. The normalized spacial score (nSPS) is 24.6. The van der Waals surface area contributed by atoms with E-state index in [4.69, 9.17) is 0 Å². The van der Waals surface area contributed by atoms with Gasteiger partial charge in [0, 0.05) is 6.04 Å². The lowest BCUT2D eigenvalue weighted by Gasteiger charge is -2.29. The minimum absolute atomic E-state index is 0.770. The molecule has 3 rings (SSSR count). The van der Waals surface area contributed by atoms with E-state index >= 15 is 0 Å². The third-order valence-corrected chi connectivity index (χ3v) is 4.69. The number of nitrogens with one attached hydrogen (secondary N) is 1. The smallest absolute Gasteiger partial charge is 0.0101 e. The lowest BCUT2D eigenvalue weighted by atomic mass is 9.79. The first kappa shape index (κ1) is 12.2. The van der Waals surface area contributed by atoms with Crippen LogP contribution in [0, 0.1) is 5.92 Å². The summed E-state index contributed by atoms with van der Waals surface area (Å²) >= 11 is 0. The molecule has 0 aromatic heterocycles. The Bertz CT molecular complexity index is 394. The second-order valence-corrected chi connectivity index (χ2v) is 6.03. The van der Waals surface area contributed by atoms with E-state index in [2.05, 4.69) is 36.5 Å². The minimum Gasteiger partial charge on any atom is -0.314 e. The van der Waals surface area contributed by atoms with Crippen LogP contribution in [0.3, 0.4) is 0 Å². The maximum Gasteiger partial charge on any atom is 0.0101 e. The van der Waals surface area contributed by atoms with Crippen molar-refractivity contribution in [3.8, 4) is 0 Å². The summed E-state index contributed by atoms with van der Waals surface area (Å²) in [5, 5.41) is 3.72. The maximum absolute atomic E-state index is 3.72. The summed E-state index contributed by atoms with van der Waals surface area (Å²) in [6.07, 6.45) is 8.33. The Balaban J connectivity index is 1.72. The summed E-state index contributed by atoms with van der Waals surface area (Å²) in [5.41, 5.74) is 3.26. The first-order valence-electron chi connectivity index (χ1n) is 7.69. The monoisotopic (exact) mass is 243 g/mol. The van der Waals surface area contributed by atoms with Gasteiger partial charge in [-0.1, -0.05) is 31.2 Å². The van der Waals surface area contributed by atoms with Gasteiger partial charge >= 0.3 is 0 Å². The molecule has 1 N–H and O–H groups in total. The lowest BCUT2D eigenvalue weighted by molar-refractivity contribution is 0.386. The van der Waals surface area contributed by atoms with Gasteiger partial charge in [-0.2, -0.15) is 0 Å². The van der Waals surface area contributed by atoms with Gasteiger partial charge in [0.15, 0.2) is 0 Å². The maximum atomic E-state index is 3.72. The molecule has 2 atom stereocenters. The fourth-order valence-electron chi connectivity index (χ4n) is 3.61. The number of fused-ring (bicyclic) bond motifs is 1. The van der Waals surface area contributed by atoms with E-state index in [1.807, 2.05) is 0 Å². The molecule has 1 nitrogen and oxygen atoms in total. The first-order chi connectivity index (χ1) is 8.88. The largest absolute Gasteiger partial charge is 0.314 e. The summed E-state index contributed by atoms with van der Waals surface area (Å²) in [5.74, 6) is 1.78. The Morgan fingerprint density at radius 1 is 1.22 bits per heavy atom. The molecule has 0 amide bonds. The van der Waals surface area contributed by atoms with Crippen LogP contribution in [0.15, 0.2) is 24.3 Å². The zero-order valence-corrected chi connectivity index (χ0v) is 11.5. The molecular weight excluding hydrogens is 218 g/mol. The van der Waals surface area contributed by atoms with E-state index in [0.29, 0.717) is 0 Å². The van der Waals surface area contributed by atoms with Gasteiger partial charge in [-0.3, -0.25) is 0 Å². The van der Waals surface area contributed by atoms with Crippen LogP contribution in [0.2, 0.25) is 0 Å². The van der Waals surface area contributed by atoms with E-state index in [1.54, 1.807) is 11.1 Å². The summed E-state index contributed by atoms with van der Waals surface area (Å²) in [6.45, 7) is 3.36. The van der Waals surface area contributed by atoms with E-state index in [-0.39, 0.29) is 0 Å². The molecule has 0 radical (unpaired) electrons. The highest BCUT2D eigenvalue weighted by atomic mass is 14.9. The highest BCUT2D eigenvalue weighted by molar-refractivity contribution is 5.32. The summed E-state index contributed by atoms with van der Waals surface area (Å²) in [4.78, 5) is 0. The molecular formula is C17H25N. The molecule has 1 aromatic rings. The average Bonchev–Trinajstić information content (AvgIpc) is 3.23. The Morgan fingerprint density at radius 2 is 2.06 bits per heavy atom. The Labute approximate surface area is 111 Å². The van der Waals surface area contributed by atoms with E-state index in [0.717, 1.165) is 24.4 Å². The van der Waals surface area contributed by atoms with Crippen molar-refractivity contribution < 1.29 is 0 Å². The highest BCUT2D eigenvalue weighted by Crippen LogP contribution is 2.40. The third-order valence-electron chi connectivity index (χ3n) is 4.69. The molecule has 0 heterocycles. The van der Waals surface area contributed by atoms with Crippen LogP contribution < -0.4 is 5.32 Å². The molecule has 0 spiro atoms. The molecule has 1 aromatic carbocycles. The molecule has 98 valence electrons. The molecule has 1 heteroatoms. The van der Waals surface area contributed by atoms with Gasteiger partial charge in [0.2, 0.25) is 0 Å². The minimum atomic E-state index is 0.770. The van der Waals surface area contributed by atoms with Crippen LogP contribution in [0.4, 0.5) is 0 Å². The van der Waals surface area contributed by atoms with Gasteiger partial charge in [0.05, 0.1) is 0 Å². The van der Waals surface area contributed by atoms with E-state index in [1.165, 1.54) is 38.5 Å². The van der Waals surface area contributed by atoms with Crippen molar-refractivity contribution in [2.75, 3.05) is 6.54 Å². The number of aryl methyl sites for hydroxylation is 1. The van der Waals surface area contributed by atoms with Crippen molar-refractivity contribution >= 4 is 0 Å². The van der Waals surface area contributed by atoms with Gasteiger partial charge in [-0.15, -0.1) is 0 Å². The number of rotatable bonds is 5. The van der Waals surface area contributed by atoms with E-state index in [9.17, 15) is 0 Å². The van der Waals surface area contributed by atoms with Crippen LogP contribution in [-0.2, 0) is 6.42 Å². The molecule has 18 heavy (non-hydrogen) atoms. The second kappa shape index (κ2) is 5.44. The molecule has 2 unspecified atom stereocenters. The molecule has 1 fully saturated rings. The number of benzene rings is 1. The van der Waals surface area contributed by atoms with Crippen molar-refractivity contribution in [1.82, 2.24) is 5.32 Å². The van der Waals surface area contributed by atoms with Crippen LogP contribution >= 0.6 is 0 Å². The van der Waals surface area contributed by atoms with Gasteiger partial charge in [0.25, 0.3) is 0 Å². The summed E-state index contributed by atoms with van der Waals surface area (Å²) in [7, 11) is 0. The fraction of sp³-hybridized carbons (Fsp3) is 0.647. The van der Waals surface area contributed by atoms with Gasteiger partial charge in [0.1, 0.15) is 0 Å². The van der Waals surface area contributed by atoms with Crippen molar-refractivity contribution in [2.24, 2.45) is 5.92 Å². The lowest BCUT2D eigenvalue weighted by Crippen LogP contribution is -2.33. The van der Waals surface area contributed by atoms with Crippen molar-refractivity contribution in [3.05, 3.63) is 35.4 Å². The SMILES string of the molecule is CCNC(CC1CCCc2ccccc21)C1CC1. The number of hydrogen-bond acceptors (Lipinski definition) is 1. The summed E-state index contributed by atoms with van der Waals surface area (Å²) < 4.78 is 0. The van der Waals surface area contributed by atoms with Gasteiger partial charge in [-0.05, 0) is 68.0 Å². The van der Waals surface area contributed by atoms with Crippen molar-refractivity contribution in [2.45, 2.75) is 57.4 Å². The Kier molecular flexibility index (Phi) is 3.69. The number of hydrogen-bond donors (Lipinski definition) is 1. The molecule has 2 aliphatic rings. The zero-order valence-electron chi connectivity index (χ0n) is 11.5. The third kappa shape index (κ3) is 2.61. The topological polar surface area (TPSA) is 12.0 Å². The fourth-order valence-corrected chi connectivity index (χ4v) is 3.61. The van der Waals surface area contributed by atoms with Gasteiger partial charge in [-0.25, -0.2) is 0 Å². The molecule has 0 aliphatic heterocycles. The zero-order chi connectivity index (χ0) is 12.4. The van der Waals surface area contributed by atoms with E-state index < -0.39 is 0 Å². The Morgan fingerprint density at radius 3 is 2.83 bits per heavy atom. The predicted octanol–water partition coefficient (Wildman–Crippen LogP) is 3.88. The first-order valence-corrected chi connectivity index (χ1v) is 7.69. The van der Waals surface area contributed by atoms with Crippen LogP contribution in [0.5, 0.6) is 0 Å². The molecule has 0 bridgehead atoms. The van der Waals surface area contributed by atoms with Crippen molar-refractivity contribution in [3.63, 3.8) is 0 Å². The molecule has 0 saturated heterocycles. The predicted molar refractivity (Wildman–Crippen MR) is 76.9 cm³/mol. The van der Waals surface area contributed by atoms with Gasteiger partial charge < -0.3 is 5.32 Å². The highest BCUT2D eigenvalue weighted by Gasteiger charge is 2.33.